The molecule has 114 valence electrons. The first-order valence-electron chi connectivity index (χ1n) is 7.06. The number of nitrogens with two attached hydrogens (primary N) is 1. The number of hydrogen-bond acceptors (Lipinski definition) is 5. The first kappa shape index (κ1) is 15.7. The third-order valence-corrected chi connectivity index (χ3v) is 4.47. The second kappa shape index (κ2) is 7.38. The first-order chi connectivity index (χ1) is 10.1. The summed E-state index contributed by atoms with van der Waals surface area (Å²) in [6.07, 6.45) is 4.74. The number of anilines is 1. The lowest BCUT2D eigenvalue weighted by Crippen LogP contribution is -2.24. The van der Waals surface area contributed by atoms with E-state index in [-0.39, 0.29) is 5.91 Å². The summed E-state index contributed by atoms with van der Waals surface area (Å²) in [7, 11) is 1.70. The van der Waals surface area contributed by atoms with E-state index in [2.05, 4.69) is 10.3 Å². The molecule has 0 aromatic carbocycles. The normalized spacial score (nSPS) is 11.0. The van der Waals surface area contributed by atoms with Crippen molar-refractivity contribution >= 4 is 33.1 Å². The summed E-state index contributed by atoms with van der Waals surface area (Å²) in [6.45, 7) is 3.40. The first-order valence-corrected chi connectivity index (χ1v) is 7.87. The molecular formula is C15H21N3O2S. The maximum Gasteiger partial charge on any atom is 0.263 e. The van der Waals surface area contributed by atoms with Gasteiger partial charge in [0.15, 0.2) is 0 Å². The molecule has 0 spiro atoms. The van der Waals surface area contributed by atoms with Gasteiger partial charge in [0.05, 0.1) is 5.69 Å². The van der Waals surface area contributed by atoms with E-state index in [1.54, 1.807) is 13.3 Å². The van der Waals surface area contributed by atoms with Crippen LogP contribution in [0.1, 0.15) is 34.5 Å². The highest BCUT2D eigenvalue weighted by molar-refractivity contribution is 7.21. The summed E-state index contributed by atoms with van der Waals surface area (Å²) in [6, 6.07) is 1.91. The number of carbonyl (C=O) groups is 1. The number of hydrogen-bond donors (Lipinski definition) is 2. The summed E-state index contributed by atoms with van der Waals surface area (Å²) in [5.74, 6) is -0.110. The van der Waals surface area contributed by atoms with E-state index >= 15 is 0 Å². The third-order valence-electron chi connectivity index (χ3n) is 3.35. The van der Waals surface area contributed by atoms with Gasteiger partial charge in [-0.25, -0.2) is 4.98 Å². The number of carbonyl (C=O) groups excluding carboxylic acids is 1. The number of rotatable bonds is 7. The molecule has 2 aromatic rings. The maximum atomic E-state index is 12.2. The van der Waals surface area contributed by atoms with Crippen molar-refractivity contribution in [3.8, 4) is 0 Å². The van der Waals surface area contributed by atoms with Gasteiger partial charge in [-0.1, -0.05) is 0 Å². The molecule has 2 heterocycles. The number of ether oxygens (including phenoxy) is 1. The lowest BCUT2D eigenvalue weighted by atomic mass is 10.1. The zero-order valence-electron chi connectivity index (χ0n) is 12.4. The van der Waals surface area contributed by atoms with Crippen LogP contribution in [0.3, 0.4) is 0 Å². The standard InChI is InChI=1S/C15H21N3O2S/c1-10-6-8-18-15-11(10)12(16)13(21-15)14(19)17-7-4-3-5-9-20-2/h6,8H,3-5,7,9,16H2,1-2H3,(H,17,19). The van der Waals surface area contributed by atoms with Crippen LogP contribution in [0.4, 0.5) is 5.69 Å². The number of pyridine rings is 1. The molecule has 0 atom stereocenters. The summed E-state index contributed by atoms with van der Waals surface area (Å²) >= 11 is 1.35. The Kier molecular flexibility index (Phi) is 5.52. The van der Waals surface area contributed by atoms with Crippen LogP contribution in [-0.4, -0.2) is 31.2 Å². The molecule has 0 saturated carbocycles. The van der Waals surface area contributed by atoms with Crippen molar-refractivity contribution in [1.29, 1.82) is 0 Å². The molecule has 6 heteroatoms. The van der Waals surface area contributed by atoms with Gasteiger partial charge in [-0.3, -0.25) is 4.79 Å². The average Bonchev–Trinajstić information content (AvgIpc) is 2.81. The Hall–Kier alpha value is -1.66. The topological polar surface area (TPSA) is 77.2 Å². The second-order valence-electron chi connectivity index (χ2n) is 4.96. The van der Waals surface area contributed by atoms with Gasteiger partial charge in [0, 0.05) is 31.8 Å². The maximum absolute atomic E-state index is 12.2. The Morgan fingerprint density at radius 1 is 1.43 bits per heavy atom. The van der Waals surface area contributed by atoms with Crippen LogP contribution < -0.4 is 11.1 Å². The Morgan fingerprint density at radius 2 is 2.24 bits per heavy atom. The molecule has 2 aromatic heterocycles. The minimum absolute atomic E-state index is 0.110. The number of fused-ring (bicyclic) bond motifs is 1. The van der Waals surface area contributed by atoms with Crippen LogP contribution in [-0.2, 0) is 4.74 Å². The van der Waals surface area contributed by atoms with E-state index in [0.29, 0.717) is 17.1 Å². The summed E-state index contributed by atoms with van der Waals surface area (Å²) < 4.78 is 4.99. The van der Waals surface area contributed by atoms with Crippen molar-refractivity contribution in [3.63, 3.8) is 0 Å². The van der Waals surface area contributed by atoms with E-state index in [4.69, 9.17) is 10.5 Å². The number of nitrogen functional groups attached to an aromatic ring is 1. The number of nitrogens with zero attached hydrogens (tertiary/aromatic N) is 1. The molecule has 0 bridgehead atoms. The number of thiophene rings is 1. The third kappa shape index (κ3) is 3.71. The van der Waals surface area contributed by atoms with Crippen LogP contribution in [0.15, 0.2) is 12.3 Å². The van der Waals surface area contributed by atoms with Gasteiger partial charge < -0.3 is 15.8 Å². The van der Waals surface area contributed by atoms with Gasteiger partial charge in [0.2, 0.25) is 0 Å². The average molecular weight is 307 g/mol. The molecule has 0 fully saturated rings. The van der Waals surface area contributed by atoms with Gasteiger partial charge in [-0.2, -0.15) is 0 Å². The van der Waals surface area contributed by atoms with Crippen LogP contribution in [0, 0.1) is 6.92 Å². The summed E-state index contributed by atoms with van der Waals surface area (Å²) in [5.41, 5.74) is 7.69. The number of aryl methyl sites for hydroxylation is 1. The number of nitrogens with one attached hydrogen (secondary N) is 1. The highest BCUT2D eigenvalue weighted by Gasteiger charge is 2.17. The van der Waals surface area contributed by atoms with E-state index in [1.165, 1.54) is 11.3 Å². The monoisotopic (exact) mass is 307 g/mol. The number of methoxy groups -OCH3 is 1. The Labute approximate surface area is 128 Å². The fraction of sp³-hybridized carbons (Fsp3) is 0.467. The van der Waals surface area contributed by atoms with Crippen molar-refractivity contribution in [3.05, 3.63) is 22.7 Å². The Balaban J connectivity index is 1.97. The fourth-order valence-corrected chi connectivity index (χ4v) is 3.26. The Morgan fingerprint density at radius 3 is 2.95 bits per heavy atom. The molecular weight excluding hydrogens is 286 g/mol. The van der Waals surface area contributed by atoms with Gasteiger partial charge >= 0.3 is 0 Å². The predicted molar refractivity (Wildman–Crippen MR) is 86.8 cm³/mol. The predicted octanol–water partition coefficient (Wildman–Crippen LogP) is 2.73. The highest BCUT2D eigenvalue weighted by atomic mass is 32.1. The quantitative estimate of drug-likeness (QED) is 0.771. The van der Waals surface area contributed by atoms with Crippen molar-refractivity contribution in [2.75, 3.05) is 26.0 Å². The molecule has 1 amide bonds. The molecule has 0 aliphatic rings. The number of amides is 1. The second-order valence-corrected chi connectivity index (χ2v) is 5.96. The van der Waals surface area contributed by atoms with E-state index < -0.39 is 0 Å². The van der Waals surface area contributed by atoms with Crippen molar-refractivity contribution in [2.45, 2.75) is 26.2 Å². The van der Waals surface area contributed by atoms with E-state index in [0.717, 1.165) is 41.6 Å². The minimum atomic E-state index is -0.110. The van der Waals surface area contributed by atoms with Crippen molar-refractivity contribution in [1.82, 2.24) is 10.3 Å². The molecule has 0 radical (unpaired) electrons. The van der Waals surface area contributed by atoms with Gasteiger partial charge in [0.25, 0.3) is 5.91 Å². The summed E-state index contributed by atoms with van der Waals surface area (Å²) in [5, 5.41) is 3.82. The lowest BCUT2D eigenvalue weighted by Gasteiger charge is -2.04. The molecule has 0 unspecified atom stereocenters. The zero-order valence-corrected chi connectivity index (χ0v) is 13.3. The van der Waals surface area contributed by atoms with Crippen LogP contribution in [0.5, 0.6) is 0 Å². The smallest absolute Gasteiger partial charge is 0.263 e. The van der Waals surface area contributed by atoms with Crippen molar-refractivity contribution < 1.29 is 9.53 Å². The SMILES string of the molecule is COCCCCCNC(=O)c1sc2nccc(C)c2c1N. The summed E-state index contributed by atoms with van der Waals surface area (Å²) in [4.78, 5) is 17.9. The minimum Gasteiger partial charge on any atom is -0.397 e. The molecule has 0 saturated heterocycles. The number of unbranched alkanes of at least 4 members (excludes halogenated alkanes) is 2. The van der Waals surface area contributed by atoms with Crippen LogP contribution in [0.25, 0.3) is 10.2 Å². The van der Waals surface area contributed by atoms with Gasteiger partial charge in [-0.05, 0) is 37.8 Å². The van der Waals surface area contributed by atoms with Crippen LogP contribution >= 0.6 is 11.3 Å². The number of aromatic nitrogens is 1. The highest BCUT2D eigenvalue weighted by Crippen LogP contribution is 2.34. The van der Waals surface area contributed by atoms with E-state index in [9.17, 15) is 4.79 Å². The molecule has 3 N–H and O–H groups in total. The van der Waals surface area contributed by atoms with Gasteiger partial charge in [-0.15, -0.1) is 11.3 Å². The molecule has 21 heavy (non-hydrogen) atoms. The van der Waals surface area contributed by atoms with Gasteiger partial charge in [0.1, 0.15) is 9.71 Å². The molecule has 0 aliphatic carbocycles. The van der Waals surface area contributed by atoms with Crippen LogP contribution in [0.2, 0.25) is 0 Å². The van der Waals surface area contributed by atoms with E-state index in [1.807, 2.05) is 13.0 Å². The van der Waals surface area contributed by atoms with Crippen molar-refractivity contribution in [2.24, 2.45) is 0 Å². The zero-order chi connectivity index (χ0) is 15.2. The molecule has 2 rings (SSSR count). The lowest BCUT2D eigenvalue weighted by molar-refractivity contribution is 0.0957. The molecule has 0 aliphatic heterocycles. The largest absolute Gasteiger partial charge is 0.397 e. The fourth-order valence-electron chi connectivity index (χ4n) is 2.20. The molecule has 5 nitrogen and oxygen atoms in total. The Bertz CT molecular complexity index is 625.